The third-order valence-corrected chi connectivity index (χ3v) is 1.78. The van der Waals surface area contributed by atoms with E-state index in [0.29, 0.717) is 11.4 Å². The van der Waals surface area contributed by atoms with E-state index in [1.807, 2.05) is 29.1 Å². The fourth-order valence-corrected chi connectivity index (χ4v) is 1.22. The summed E-state index contributed by atoms with van der Waals surface area (Å²) in [6.07, 6.45) is 5.43. The van der Waals surface area contributed by atoms with Crippen LogP contribution in [0.1, 0.15) is 5.56 Å². The third-order valence-electron chi connectivity index (χ3n) is 1.78. The Kier molecular flexibility index (Phi) is 1.64. The fraction of sp³-hybridized carbons (Fsp3) is 0.111. The second-order valence-electron chi connectivity index (χ2n) is 2.74. The molecule has 0 unspecified atom stereocenters. The van der Waals surface area contributed by atoms with Crippen LogP contribution in [0.4, 0.5) is 0 Å². The van der Waals surface area contributed by atoms with Gasteiger partial charge in [-0.05, 0) is 12.1 Å². The molecule has 4 nitrogen and oxygen atoms in total. The Labute approximate surface area is 75.6 Å². The van der Waals surface area contributed by atoms with E-state index in [9.17, 15) is 0 Å². The van der Waals surface area contributed by atoms with Crippen molar-refractivity contribution in [1.29, 1.82) is 5.26 Å². The lowest BCUT2D eigenvalue weighted by Crippen LogP contribution is -1.94. The van der Waals surface area contributed by atoms with Crippen molar-refractivity contribution in [3.05, 3.63) is 36.3 Å². The molecule has 64 valence electrons. The SMILES string of the molecule is Cn1cc(C#N)c(-n2cccc2)n1. The van der Waals surface area contributed by atoms with E-state index in [4.69, 9.17) is 5.26 Å². The van der Waals surface area contributed by atoms with Gasteiger partial charge in [-0.15, -0.1) is 0 Å². The average Bonchev–Trinajstić information content (AvgIpc) is 2.71. The number of aryl methyl sites for hydroxylation is 1. The lowest BCUT2D eigenvalue weighted by molar-refractivity contribution is 0.751. The van der Waals surface area contributed by atoms with Crippen molar-refractivity contribution >= 4 is 0 Å². The molecule has 2 aromatic rings. The van der Waals surface area contributed by atoms with E-state index < -0.39 is 0 Å². The molecule has 0 saturated heterocycles. The average molecular weight is 172 g/mol. The summed E-state index contributed by atoms with van der Waals surface area (Å²) in [6, 6.07) is 5.90. The largest absolute Gasteiger partial charge is 0.306 e. The number of hydrogen-bond donors (Lipinski definition) is 0. The molecular weight excluding hydrogens is 164 g/mol. The van der Waals surface area contributed by atoms with Crippen LogP contribution in [0.2, 0.25) is 0 Å². The first kappa shape index (κ1) is 7.62. The quantitative estimate of drug-likeness (QED) is 0.646. The number of aromatic nitrogens is 3. The first-order chi connectivity index (χ1) is 6.31. The Morgan fingerprint density at radius 1 is 1.38 bits per heavy atom. The van der Waals surface area contributed by atoms with Gasteiger partial charge in [-0.25, -0.2) is 0 Å². The van der Waals surface area contributed by atoms with Gasteiger partial charge in [0.25, 0.3) is 0 Å². The monoisotopic (exact) mass is 172 g/mol. The third kappa shape index (κ3) is 1.20. The second kappa shape index (κ2) is 2.79. The maximum absolute atomic E-state index is 8.81. The summed E-state index contributed by atoms with van der Waals surface area (Å²) in [5, 5.41) is 13.0. The lowest BCUT2D eigenvalue weighted by atomic mass is 10.3. The molecule has 0 bridgehead atoms. The van der Waals surface area contributed by atoms with Crippen LogP contribution in [-0.2, 0) is 7.05 Å². The molecule has 0 radical (unpaired) electrons. The van der Waals surface area contributed by atoms with Crippen LogP contribution >= 0.6 is 0 Å². The van der Waals surface area contributed by atoms with E-state index in [1.54, 1.807) is 17.9 Å². The van der Waals surface area contributed by atoms with Crippen molar-refractivity contribution in [1.82, 2.24) is 14.3 Å². The molecule has 0 N–H and O–H groups in total. The zero-order chi connectivity index (χ0) is 9.26. The number of rotatable bonds is 1. The molecule has 0 saturated carbocycles. The Morgan fingerprint density at radius 2 is 2.08 bits per heavy atom. The van der Waals surface area contributed by atoms with Gasteiger partial charge in [0.15, 0.2) is 5.82 Å². The molecule has 4 heteroatoms. The standard InChI is InChI=1S/C9H8N4/c1-12-7-8(6-10)9(11-12)13-4-2-3-5-13/h2-5,7H,1H3. The highest BCUT2D eigenvalue weighted by Gasteiger charge is 2.07. The van der Waals surface area contributed by atoms with Crippen LogP contribution in [0.25, 0.3) is 5.82 Å². The van der Waals surface area contributed by atoms with Gasteiger partial charge >= 0.3 is 0 Å². The topological polar surface area (TPSA) is 46.5 Å². The van der Waals surface area contributed by atoms with Crippen LogP contribution in [0.15, 0.2) is 30.7 Å². The first-order valence-electron chi connectivity index (χ1n) is 3.88. The molecule has 0 amide bonds. The van der Waals surface area contributed by atoms with Gasteiger partial charge < -0.3 is 4.57 Å². The normalized spacial score (nSPS) is 9.85. The smallest absolute Gasteiger partial charge is 0.176 e. The van der Waals surface area contributed by atoms with E-state index in [-0.39, 0.29) is 0 Å². The minimum Gasteiger partial charge on any atom is -0.306 e. The van der Waals surface area contributed by atoms with Gasteiger partial charge in [0.2, 0.25) is 0 Å². The Bertz CT molecular complexity index is 444. The summed E-state index contributed by atoms with van der Waals surface area (Å²) >= 11 is 0. The molecule has 0 atom stereocenters. The highest BCUT2D eigenvalue weighted by Crippen LogP contribution is 2.10. The van der Waals surface area contributed by atoms with Gasteiger partial charge in [-0.1, -0.05) is 0 Å². The number of nitriles is 1. The molecular formula is C9H8N4. The van der Waals surface area contributed by atoms with Crippen LogP contribution < -0.4 is 0 Å². The highest BCUT2D eigenvalue weighted by atomic mass is 15.3. The molecule has 2 heterocycles. The Hall–Kier alpha value is -2.02. The molecule has 0 aliphatic carbocycles. The zero-order valence-electron chi connectivity index (χ0n) is 7.18. The minimum atomic E-state index is 0.582. The summed E-state index contributed by atoms with van der Waals surface area (Å²) in [6.45, 7) is 0. The Morgan fingerprint density at radius 3 is 2.69 bits per heavy atom. The van der Waals surface area contributed by atoms with Gasteiger partial charge in [0, 0.05) is 25.6 Å². The van der Waals surface area contributed by atoms with Crippen LogP contribution in [-0.4, -0.2) is 14.3 Å². The summed E-state index contributed by atoms with van der Waals surface area (Å²) in [4.78, 5) is 0. The van der Waals surface area contributed by atoms with Gasteiger partial charge in [-0.3, -0.25) is 4.68 Å². The molecule has 2 rings (SSSR count). The molecule has 0 aromatic carbocycles. The molecule has 0 aliphatic heterocycles. The van der Waals surface area contributed by atoms with Crippen molar-refractivity contribution < 1.29 is 0 Å². The first-order valence-corrected chi connectivity index (χ1v) is 3.88. The number of nitrogens with zero attached hydrogens (tertiary/aromatic N) is 4. The van der Waals surface area contributed by atoms with Crippen molar-refractivity contribution in [2.45, 2.75) is 0 Å². The minimum absolute atomic E-state index is 0.582. The van der Waals surface area contributed by atoms with Crippen molar-refractivity contribution in [2.75, 3.05) is 0 Å². The van der Waals surface area contributed by atoms with Gasteiger partial charge in [-0.2, -0.15) is 10.4 Å². The van der Waals surface area contributed by atoms with E-state index >= 15 is 0 Å². The highest BCUT2D eigenvalue weighted by molar-refractivity contribution is 5.42. The number of hydrogen-bond acceptors (Lipinski definition) is 2. The molecule has 0 fully saturated rings. The summed E-state index contributed by atoms with van der Waals surface area (Å²) in [7, 11) is 1.80. The predicted octanol–water partition coefficient (Wildman–Crippen LogP) is 1.08. The summed E-state index contributed by atoms with van der Waals surface area (Å²) in [5.41, 5.74) is 0.582. The van der Waals surface area contributed by atoms with Crippen LogP contribution in [0.5, 0.6) is 0 Å². The van der Waals surface area contributed by atoms with Gasteiger partial charge in [0.1, 0.15) is 11.6 Å². The second-order valence-corrected chi connectivity index (χ2v) is 2.74. The van der Waals surface area contributed by atoms with Gasteiger partial charge in [0.05, 0.1) is 0 Å². The molecule has 13 heavy (non-hydrogen) atoms. The van der Waals surface area contributed by atoms with Crippen molar-refractivity contribution in [2.24, 2.45) is 7.05 Å². The van der Waals surface area contributed by atoms with E-state index in [0.717, 1.165) is 0 Å². The summed E-state index contributed by atoms with van der Waals surface area (Å²) < 4.78 is 3.45. The zero-order valence-corrected chi connectivity index (χ0v) is 7.18. The lowest BCUT2D eigenvalue weighted by Gasteiger charge is -1.95. The van der Waals surface area contributed by atoms with Crippen molar-refractivity contribution in [3.8, 4) is 11.9 Å². The predicted molar refractivity (Wildman–Crippen MR) is 47.3 cm³/mol. The maximum atomic E-state index is 8.81. The van der Waals surface area contributed by atoms with Crippen LogP contribution in [0, 0.1) is 11.3 Å². The molecule has 0 spiro atoms. The van der Waals surface area contributed by atoms with Crippen molar-refractivity contribution in [3.63, 3.8) is 0 Å². The fourth-order valence-electron chi connectivity index (χ4n) is 1.22. The van der Waals surface area contributed by atoms with E-state index in [2.05, 4.69) is 11.2 Å². The Balaban J connectivity index is 2.59. The summed E-state index contributed by atoms with van der Waals surface area (Å²) in [5.74, 6) is 0.676. The molecule has 2 aromatic heterocycles. The molecule has 0 aliphatic rings. The van der Waals surface area contributed by atoms with Crippen LogP contribution in [0.3, 0.4) is 0 Å². The maximum Gasteiger partial charge on any atom is 0.176 e. The van der Waals surface area contributed by atoms with E-state index in [1.165, 1.54) is 0 Å².